The minimum atomic E-state index is -0.126. The van der Waals surface area contributed by atoms with Crippen molar-refractivity contribution in [1.82, 2.24) is 10.2 Å². The van der Waals surface area contributed by atoms with E-state index < -0.39 is 0 Å². The van der Waals surface area contributed by atoms with Crippen LogP contribution < -0.4 is 10.1 Å². The predicted molar refractivity (Wildman–Crippen MR) is 84.7 cm³/mol. The first-order chi connectivity index (χ1) is 10.8. The van der Waals surface area contributed by atoms with Gasteiger partial charge >= 0.3 is 0 Å². The van der Waals surface area contributed by atoms with Crippen molar-refractivity contribution in [3.8, 4) is 5.75 Å². The number of nitrogens with one attached hydrogen (secondary N) is 2. The normalized spacial score (nSPS) is 10.2. The SMILES string of the molecule is COc1ccc(C(=O)c2[nH]ncc2Nc2ccccc2)cc1. The Bertz CT molecular complexity index is 764. The molecule has 1 aromatic heterocycles. The standard InChI is InChI=1S/C17H15N3O2/c1-22-14-9-7-12(8-10-14)17(21)16-15(11-18-20-16)19-13-5-3-2-4-6-13/h2-11,19H,1H3,(H,18,20). The molecule has 0 radical (unpaired) electrons. The molecule has 0 spiro atoms. The van der Waals surface area contributed by atoms with Crippen LogP contribution in [0.3, 0.4) is 0 Å². The number of rotatable bonds is 5. The van der Waals surface area contributed by atoms with E-state index in [1.54, 1.807) is 37.6 Å². The second-order valence-electron chi connectivity index (χ2n) is 4.71. The fraction of sp³-hybridized carbons (Fsp3) is 0.0588. The Kier molecular flexibility index (Phi) is 3.87. The Hall–Kier alpha value is -3.08. The van der Waals surface area contributed by atoms with Crippen LogP contribution >= 0.6 is 0 Å². The van der Waals surface area contributed by atoms with Crippen LogP contribution in [-0.2, 0) is 0 Å². The van der Waals surface area contributed by atoms with Crippen molar-refractivity contribution in [2.75, 3.05) is 12.4 Å². The highest BCUT2D eigenvalue weighted by atomic mass is 16.5. The van der Waals surface area contributed by atoms with Crippen molar-refractivity contribution < 1.29 is 9.53 Å². The number of hydrogen-bond acceptors (Lipinski definition) is 4. The number of carbonyl (C=O) groups is 1. The van der Waals surface area contributed by atoms with Gasteiger partial charge in [-0.3, -0.25) is 9.89 Å². The zero-order chi connectivity index (χ0) is 15.4. The summed E-state index contributed by atoms with van der Waals surface area (Å²) in [7, 11) is 1.59. The van der Waals surface area contributed by atoms with Crippen molar-refractivity contribution in [1.29, 1.82) is 0 Å². The van der Waals surface area contributed by atoms with Crippen LogP contribution in [0, 0.1) is 0 Å². The van der Waals surface area contributed by atoms with Crippen molar-refractivity contribution in [3.05, 3.63) is 72.1 Å². The van der Waals surface area contributed by atoms with E-state index in [1.165, 1.54) is 0 Å². The zero-order valence-corrected chi connectivity index (χ0v) is 12.0. The maximum atomic E-state index is 12.6. The first-order valence-electron chi connectivity index (χ1n) is 6.82. The number of anilines is 2. The summed E-state index contributed by atoms with van der Waals surface area (Å²) in [4.78, 5) is 12.6. The summed E-state index contributed by atoms with van der Waals surface area (Å²) in [6.45, 7) is 0. The van der Waals surface area contributed by atoms with E-state index in [0.29, 0.717) is 22.7 Å². The first-order valence-corrected chi connectivity index (χ1v) is 6.82. The molecule has 110 valence electrons. The first kappa shape index (κ1) is 13.9. The molecular formula is C17H15N3O2. The molecule has 0 amide bonds. The van der Waals surface area contributed by atoms with Crippen LogP contribution in [-0.4, -0.2) is 23.1 Å². The number of hydrogen-bond donors (Lipinski definition) is 2. The monoisotopic (exact) mass is 293 g/mol. The van der Waals surface area contributed by atoms with Gasteiger partial charge in [-0.25, -0.2) is 0 Å². The van der Waals surface area contributed by atoms with Crippen molar-refractivity contribution >= 4 is 17.2 Å². The summed E-state index contributed by atoms with van der Waals surface area (Å²) in [6.07, 6.45) is 1.60. The summed E-state index contributed by atoms with van der Waals surface area (Å²) in [5.74, 6) is 0.586. The average molecular weight is 293 g/mol. The molecule has 2 N–H and O–H groups in total. The summed E-state index contributed by atoms with van der Waals surface area (Å²) in [6, 6.07) is 16.6. The minimum absolute atomic E-state index is 0.126. The minimum Gasteiger partial charge on any atom is -0.497 e. The number of para-hydroxylation sites is 1. The number of ether oxygens (including phenoxy) is 1. The van der Waals surface area contributed by atoms with Crippen LogP contribution in [0.25, 0.3) is 0 Å². The lowest BCUT2D eigenvalue weighted by molar-refractivity contribution is 0.103. The van der Waals surface area contributed by atoms with Crippen molar-refractivity contribution in [2.45, 2.75) is 0 Å². The van der Waals surface area contributed by atoms with Crippen LogP contribution in [0.2, 0.25) is 0 Å². The van der Waals surface area contributed by atoms with Gasteiger partial charge in [0.15, 0.2) is 0 Å². The smallest absolute Gasteiger partial charge is 0.212 e. The number of methoxy groups -OCH3 is 1. The zero-order valence-electron chi connectivity index (χ0n) is 12.0. The van der Waals surface area contributed by atoms with Gasteiger partial charge in [-0.05, 0) is 36.4 Å². The molecule has 5 nitrogen and oxygen atoms in total. The van der Waals surface area contributed by atoms with E-state index in [-0.39, 0.29) is 5.78 Å². The fourth-order valence-corrected chi connectivity index (χ4v) is 2.12. The van der Waals surface area contributed by atoms with Gasteiger partial charge in [0.25, 0.3) is 0 Å². The topological polar surface area (TPSA) is 67.0 Å². The van der Waals surface area contributed by atoms with E-state index in [9.17, 15) is 4.79 Å². The number of H-pyrrole nitrogens is 1. The number of carbonyl (C=O) groups excluding carboxylic acids is 1. The number of aromatic amines is 1. The molecule has 0 aliphatic rings. The molecular weight excluding hydrogens is 278 g/mol. The van der Waals surface area contributed by atoms with E-state index in [2.05, 4.69) is 15.5 Å². The molecule has 0 fully saturated rings. The van der Waals surface area contributed by atoms with Gasteiger partial charge in [0.1, 0.15) is 11.4 Å². The summed E-state index contributed by atoms with van der Waals surface area (Å²) in [5, 5.41) is 9.91. The molecule has 0 atom stereocenters. The molecule has 0 unspecified atom stereocenters. The third kappa shape index (κ3) is 2.83. The fourth-order valence-electron chi connectivity index (χ4n) is 2.12. The Morgan fingerprint density at radius 1 is 1.09 bits per heavy atom. The lowest BCUT2D eigenvalue weighted by Gasteiger charge is -2.06. The van der Waals surface area contributed by atoms with Gasteiger partial charge in [0.05, 0.1) is 19.0 Å². The summed E-state index contributed by atoms with van der Waals surface area (Å²) >= 11 is 0. The lowest BCUT2D eigenvalue weighted by Crippen LogP contribution is -2.05. The van der Waals surface area contributed by atoms with Crippen LogP contribution in [0.1, 0.15) is 16.1 Å². The van der Waals surface area contributed by atoms with E-state index >= 15 is 0 Å². The highest BCUT2D eigenvalue weighted by molar-refractivity contribution is 6.11. The third-order valence-corrected chi connectivity index (χ3v) is 3.27. The Balaban J connectivity index is 1.85. The maximum absolute atomic E-state index is 12.6. The number of ketones is 1. The highest BCUT2D eigenvalue weighted by Crippen LogP contribution is 2.22. The Morgan fingerprint density at radius 2 is 1.82 bits per heavy atom. The Labute approximate surface area is 127 Å². The van der Waals surface area contributed by atoms with Gasteiger partial charge < -0.3 is 10.1 Å². The molecule has 3 rings (SSSR count). The predicted octanol–water partition coefficient (Wildman–Crippen LogP) is 3.39. The molecule has 0 bridgehead atoms. The third-order valence-electron chi connectivity index (χ3n) is 3.27. The molecule has 1 heterocycles. The van der Waals surface area contributed by atoms with Crippen LogP contribution in [0.4, 0.5) is 11.4 Å². The van der Waals surface area contributed by atoms with E-state index in [0.717, 1.165) is 5.69 Å². The van der Waals surface area contributed by atoms with Crippen LogP contribution in [0.15, 0.2) is 60.8 Å². The number of benzene rings is 2. The Morgan fingerprint density at radius 3 is 2.50 bits per heavy atom. The molecule has 0 aliphatic carbocycles. The number of aromatic nitrogens is 2. The van der Waals surface area contributed by atoms with E-state index in [1.807, 2.05) is 30.3 Å². The van der Waals surface area contributed by atoms with Gasteiger partial charge in [0, 0.05) is 11.3 Å². The lowest BCUT2D eigenvalue weighted by atomic mass is 10.1. The number of nitrogens with zero attached hydrogens (tertiary/aromatic N) is 1. The van der Waals surface area contributed by atoms with Gasteiger partial charge in [0.2, 0.25) is 5.78 Å². The molecule has 3 aromatic rings. The quantitative estimate of drug-likeness (QED) is 0.708. The molecule has 0 saturated carbocycles. The molecule has 5 heteroatoms. The molecule has 0 aliphatic heterocycles. The van der Waals surface area contributed by atoms with Crippen molar-refractivity contribution in [2.24, 2.45) is 0 Å². The second-order valence-corrected chi connectivity index (χ2v) is 4.71. The van der Waals surface area contributed by atoms with E-state index in [4.69, 9.17) is 4.74 Å². The molecule has 2 aromatic carbocycles. The maximum Gasteiger partial charge on any atom is 0.212 e. The molecule has 0 saturated heterocycles. The van der Waals surface area contributed by atoms with Crippen LogP contribution in [0.5, 0.6) is 5.75 Å². The van der Waals surface area contributed by atoms with Gasteiger partial charge in [-0.2, -0.15) is 5.10 Å². The summed E-state index contributed by atoms with van der Waals surface area (Å²) in [5.41, 5.74) is 2.54. The summed E-state index contributed by atoms with van der Waals surface area (Å²) < 4.78 is 5.10. The largest absolute Gasteiger partial charge is 0.497 e. The molecule has 22 heavy (non-hydrogen) atoms. The average Bonchev–Trinajstić information content (AvgIpc) is 3.03. The second kappa shape index (κ2) is 6.13. The van der Waals surface area contributed by atoms with Crippen molar-refractivity contribution in [3.63, 3.8) is 0 Å². The highest BCUT2D eigenvalue weighted by Gasteiger charge is 2.16. The van der Waals surface area contributed by atoms with Gasteiger partial charge in [-0.1, -0.05) is 18.2 Å². The van der Waals surface area contributed by atoms with Gasteiger partial charge in [-0.15, -0.1) is 0 Å².